The zero-order valence-electron chi connectivity index (χ0n) is 12.1. The summed E-state index contributed by atoms with van der Waals surface area (Å²) in [6.45, 7) is 7.04. The molecular weight excluding hydrogens is 246 g/mol. The Bertz CT molecular complexity index is 486. The number of aliphatic carboxylic acids is 1. The molecule has 0 saturated heterocycles. The van der Waals surface area contributed by atoms with Gasteiger partial charge in [0.15, 0.2) is 0 Å². The van der Waals surface area contributed by atoms with E-state index in [-0.39, 0.29) is 12.5 Å². The monoisotopic (exact) mass is 267 g/mol. The Morgan fingerprint density at radius 3 is 2.42 bits per heavy atom. The number of amides is 1. The summed E-state index contributed by atoms with van der Waals surface area (Å²) in [4.78, 5) is 24.8. The van der Waals surface area contributed by atoms with Crippen LogP contribution >= 0.6 is 0 Å². The lowest BCUT2D eigenvalue weighted by Crippen LogP contribution is -2.48. The number of carboxylic acids is 1. The van der Waals surface area contributed by atoms with Gasteiger partial charge >= 0.3 is 5.97 Å². The summed E-state index contributed by atoms with van der Waals surface area (Å²) in [5.41, 5.74) is 0.601. The molecule has 106 valence electrons. The smallest absolute Gasteiger partial charge is 0.323 e. The minimum absolute atomic E-state index is 0.292. The molecule has 0 atom stereocenters. The predicted octanol–water partition coefficient (Wildman–Crippen LogP) is 1.31. The molecule has 6 nitrogen and oxygen atoms in total. The Hall–Kier alpha value is -1.85. The summed E-state index contributed by atoms with van der Waals surface area (Å²) >= 11 is 0. The first kappa shape index (κ1) is 15.2. The molecule has 0 bridgehead atoms. The van der Waals surface area contributed by atoms with Crippen LogP contribution in [0, 0.1) is 0 Å². The van der Waals surface area contributed by atoms with Gasteiger partial charge in [-0.1, -0.05) is 6.92 Å². The van der Waals surface area contributed by atoms with Gasteiger partial charge in [-0.15, -0.1) is 0 Å². The molecule has 0 radical (unpaired) electrons. The number of carbonyl (C=O) groups is 2. The van der Waals surface area contributed by atoms with E-state index in [0.29, 0.717) is 17.7 Å². The second-order valence-electron chi connectivity index (χ2n) is 5.47. The first-order valence-electron chi connectivity index (χ1n) is 6.23. The molecule has 1 rings (SSSR count). The van der Waals surface area contributed by atoms with Crippen LogP contribution in [0.5, 0.6) is 0 Å². The zero-order valence-corrected chi connectivity index (χ0v) is 12.1. The molecule has 0 aliphatic carbocycles. The van der Waals surface area contributed by atoms with Crippen molar-refractivity contribution in [3.63, 3.8) is 0 Å². The average molecular weight is 267 g/mol. The number of rotatable bonds is 4. The third kappa shape index (κ3) is 3.56. The molecule has 0 saturated carbocycles. The lowest BCUT2D eigenvalue weighted by molar-refractivity contribution is -0.138. The van der Waals surface area contributed by atoms with Crippen molar-refractivity contribution in [3.8, 4) is 0 Å². The fourth-order valence-electron chi connectivity index (χ4n) is 1.87. The van der Waals surface area contributed by atoms with Crippen molar-refractivity contribution >= 4 is 11.9 Å². The standard InChI is InChI=1S/C13H21N3O3/c1-6-10-9(7-15(5)14-10)12(19)16(8-11(17)18)13(2,3)4/h7H,6,8H2,1-5H3,(H,17,18). The quantitative estimate of drug-likeness (QED) is 0.892. The van der Waals surface area contributed by atoms with Crippen LogP contribution < -0.4 is 0 Å². The number of carbonyl (C=O) groups excluding carboxylic acids is 1. The zero-order chi connectivity index (χ0) is 14.8. The van der Waals surface area contributed by atoms with Crippen molar-refractivity contribution in [3.05, 3.63) is 17.5 Å². The lowest BCUT2D eigenvalue weighted by atomic mass is 10.0. The highest BCUT2D eigenvalue weighted by atomic mass is 16.4. The van der Waals surface area contributed by atoms with Crippen LogP contribution in [0.4, 0.5) is 0 Å². The molecule has 0 fully saturated rings. The molecule has 6 heteroatoms. The molecule has 1 amide bonds. The van der Waals surface area contributed by atoms with Gasteiger partial charge in [0.25, 0.3) is 5.91 Å². The van der Waals surface area contributed by atoms with E-state index in [0.717, 1.165) is 0 Å². The molecule has 1 aromatic rings. The summed E-state index contributed by atoms with van der Waals surface area (Å²) in [5.74, 6) is -1.31. The number of nitrogens with zero attached hydrogens (tertiary/aromatic N) is 3. The van der Waals surface area contributed by atoms with Crippen LogP contribution in [0.1, 0.15) is 43.7 Å². The average Bonchev–Trinajstić information content (AvgIpc) is 2.64. The summed E-state index contributed by atoms with van der Waals surface area (Å²) in [7, 11) is 1.74. The Morgan fingerprint density at radius 1 is 1.42 bits per heavy atom. The number of hydrogen-bond donors (Lipinski definition) is 1. The summed E-state index contributed by atoms with van der Waals surface area (Å²) in [5, 5.41) is 13.2. The molecule has 19 heavy (non-hydrogen) atoms. The van der Waals surface area contributed by atoms with Gasteiger partial charge in [0, 0.05) is 18.8 Å². The molecule has 0 aliphatic heterocycles. The molecule has 1 aromatic heterocycles. The van der Waals surface area contributed by atoms with Gasteiger partial charge < -0.3 is 10.0 Å². The third-order valence-electron chi connectivity index (χ3n) is 2.82. The molecule has 0 aromatic carbocycles. The first-order chi connectivity index (χ1) is 8.66. The van der Waals surface area contributed by atoms with E-state index < -0.39 is 11.5 Å². The van der Waals surface area contributed by atoms with Crippen molar-refractivity contribution in [2.45, 2.75) is 39.7 Å². The highest BCUT2D eigenvalue weighted by Gasteiger charge is 2.31. The van der Waals surface area contributed by atoms with Crippen LogP contribution in [-0.4, -0.2) is 43.7 Å². The number of aryl methyl sites for hydroxylation is 2. The molecule has 1 heterocycles. The van der Waals surface area contributed by atoms with E-state index in [1.807, 2.05) is 27.7 Å². The van der Waals surface area contributed by atoms with Crippen LogP contribution in [0.25, 0.3) is 0 Å². The number of hydrogen-bond acceptors (Lipinski definition) is 3. The van der Waals surface area contributed by atoms with Gasteiger partial charge in [-0.3, -0.25) is 14.3 Å². The first-order valence-corrected chi connectivity index (χ1v) is 6.23. The molecule has 1 N–H and O–H groups in total. The van der Waals surface area contributed by atoms with E-state index in [2.05, 4.69) is 5.10 Å². The van der Waals surface area contributed by atoms with Crippen molar-refractivity contribution in [2.75, 3.05) is 6.54 Å². The second-order valence-corrected chi connectivity index (χ2v) is 5.47. The molecule has 0 unspecified atom stereocenters. The molecule has 0 spiro atoms. The predicted molar refractivity (Wildman–Crippen MR) is 71.0 cm³/mol. The Morgan fingerprint density at radius 2 is 2.00 bits per heavy atom. The summed E-state index contributed by atoms with van der Waals surface area (Å²) in [6.07, 6.45) is 2.27. The van der Waals surface area contributed by atoms with Crippen LogP contribution in [0.2, 0.25) is 0 Å². The van der Waals surface area contributed by atoms with E-state index in [1.165, 1.54) is 4.90 Å². The van der Waals surface area contributed by atoms with Crippen molar-refractivity contribution in [2.24, 2.45) is 7.05 Å². The second kappa shape index (κ2) is 5.42. The van der Waals surface area contributed by atoms with Crippen molar-refractivity contribution in [1.29, 1.82) is 0 Å². The fourth-order valence-corrected chi connectivity index (χ4v) is 1.87. The summed E-state index contributed by atoms with van der Waals surface area (Å²) in [6, 6.07) is 0. The number of aromatic nitrogens is 2. The highest BCUT2D eigenvalue weighted by molar-refractivity contribution is 5.97. The van der Waals surface area contributed by atoms with Crippen molar-refractivity contribution < 1.29 is 14.7 Å². The van der Waals surface area contributed by atoms with E-state index in [1.54, 1.807) is 17.9 Å². The number of carboxylic acid groups (broad SMARTS) is 1. The summed E-state index contributed by atoms with van der Waals surface area (Å²) < 4.78 is 1.58. The maximum Gasteiger partial charge on any atom is 0.323 e. The Kier molecular flexibility index (Phi) is 4.34. The third-order valence-corrected chi connectivity index (χ3v) is 2.82. The highest BCUT2D eigenvalue weighted by Crippen LogP contribution is 2.19. The van der Waals surface area contributed by atoms with Crippen LogP contribution in [0.3, 0.4) is 0 Å². The van der Waals surface area contributed by atoms with Crippen LogP contribution in [0.15, 0.2) is 6.20 Å². The molecular formula is C13H21N3O3. The van der Waals surface area contributed by atoms with E-state index in [9.17, 15) is 9.59 Å². The Balaban J connectivity index is 3.15. The van der Waals surface area contributed by atoms with E-state index >= 15 is 0 Å². The van der Waals surface area contributed by atoms with Gasteiger partial charge in [-0.25, -0.2) is 0 Å². The SMILES string of the molecule is CCc1nn(C)cc1C(=O)N(CC(=O)O)C(C)(C)C. The van der Waals surface area contributed by atoms with E-state index in [4.69, 9.17) is 5.11 Å². The van der Waals surface area contributed by atoms with Gasteiger partial charge in [0.05, 0.1) is 11.3 Å². The lowest BCUT2D eigenvalue weighted by Gasteiger charge is -2.34. The van der Waals surface area contributed by atoms with Crippen molar-refractivity contribution in [1.82, 2.24) is 14.7 Å². The van der Waals surface area contributed by atoms with Gasteiger partial charge in [-0.05, 0) is 27.2 Å². The Labute approximate surface area is 113 Å². The minimum Gasteiger partial charge on any atom is -0.480 e. The normalized spacial score (nSPS) is 11.4. The maximum atomic E-state index is 12.5. The maximum absolute atomic E-state index is 12.5. The fraction of sp³-hybridized carbons (Fsp3) is 0.615. The van der Waals surface area contributed by atoms with Gasteiger partial charge in [-0.2, -0.15) is 5.10 Å². The minimum atomic E-state index is -1.02. The topological polar surface area (TPSA) is 75.4 Å². The van der Waals surface area contributed by atoms with Crippen LogP contribution in [-0.2, 0) is 18.3 Å². The largest absolute Gasteiger partial charge is 0.480 e. The molecule has 0 aliphatic rings. The van der Waals surface area contributed by atoms with Gasteiger partial charge in [0.1, 0.15) is 6.54 Å². The van der Waals surface area contributed by atoms with Gasteiger partial charge in [0.2, 0.25) is 0 Å².